The molecule has 1 fully saturated rings. The smallest absolute Gasteiger partial charge is 0.254 e. The SMILES string of the molecule is Cc1ccc(C(=O)C2CCN(C(=O)c3ccccc3COc3ccccc3)CC2)cc1. The van der Waals surface area contributed by atoms with Crippen molar-refractivity contribution in [3.63, 3.8) is 0 Å². The minimum Gasteiger partial charge on any atom is -0.489 e. The van der Waals surface area contributed by atoms with Crippen LogP contribution in [0.4, 0.5) is 0 Å². The summed E-state index contributed by atoms with van der Waals surface area (Å²) in [5, 5.41) is 0. The lowest BCUT2D eigenvalue weighted by molar-refractivity contribution is 0.0648. The number of carbonyl (C=O) groups excluding carboxylic acids is 2. The van der Waals surface area contributed by atoms with Crippen LogP contribution in [-0.4, -0.2) is 29.7 Å². The molecule has 0 spiro atoms. The van der Waals surface area contributed by atoms with Crippen LogP contribution in [0.2, 0.25) is 0 Å². The number of para-hydroxylation sites is 1. The van der Waals surface area contributed by atoms with E-state index in [0.717, 1.165) is 22.4 Å². The molecule has 0 unspecified atom stereocenters. The Kier molecular flexibility index (Phi) is 6.46. The van der Waals surface area contributed by atoms with Gasteiger partial charge in [0.25, 0.3) is 5.91 Å². The Hall–Kier alpha value is -3.40. The Labute approximate surface area is 183 Å². The molecule has 4 rings (SSSR count). The first kappa shape index (κ1) is 20.9. The Morgan fingerprint density at radius 1 is 0.871 bits per heavy atom. The summed E-state index contributed by atoms with van der Waals surface area (Å²) in [6, 6.07) is 24.9. The third-order valence-electron chi connectivity index (χ3n) is 5.87. The van der Waals surface area contributed by atoms with Crippen molar-refractivity contribution < 1.29 is 14.3 Å². The molecule has 0 aromatic heterocycles. The third-order valence-corrected chi connectivity index (χ3v) is 5.87. The molecule has 3 aromatic carbocycles. The number of likely N-dealkylation sites (tertiary alicyclic amines) is 1. The van der Waals surface area contributed by atoms with Gasteiger partial charge in [0.05, 0.1) is 0 Å². The van der Waals surface area contributed by atoms with Gasteiger partial charge in [-0.2, -0.15) is 0 Å². The summed E-state index contributed by atoms with van der Waals surface area (Å²) in [5.41, 5.74) is 3.45. The van der Waals surface area contributed by atoms with E-state index >= 15 is 0 Å². The summed E-state index contributed by atoms with van der Waals surface area (Å²) in [7, 11) is 0. The largest absolute Gasteiger partial charge is 0.489 e. The van der Waals surface area contributed by atoms with Gasteiger partial charge in [-0.05, 0) is 38.0 Å². The van der Waals surface area contributed by atoms with Gasteiger partial charge in [-0.15, -0.1) is 0 Å². The summed E-state index contributed by atoms with van der Waals surface area (Å²) < 4.78 is 5.86. The van der Waals surface area contributed by atoms with E-state index in [2.05, 4.69) is 0 Å². The second-order valence-corrected chi connectivity index (χ2v) is 8.06. The molecule has 31 heavy (non-hydrogen) atoms. The predicted octanol–water partition coefficient (Wildman–Crippen LogP) is 5.31. The second-order valence-electron chi connectivity index (χ2n) is 8.06. The maximum absolute atomic E-state index is 13.2. The highest BCUT2D eigenvalue weighted by molar-refractivity contribution is 5.98. The van der Waals surface area contributed by atoms with Gasteiger partial charge in [-0.3, -0.25) is 9.59 Å². The molecule has 1 aliphatic heterocycles. The van der Waals surface area contributed by atoms with Crippen LogP contribution in [0.25, 0.3) is 0 Å². The average molecular weight is 414 g/mol. The average Bonchev–Trinajstić information content (AvgIpc) is 2.83. The molecule has 4 heteroatoms. The van der Waals surface area contributed by atoms with Crippen molar-refractivity contribution in [1.82, 2.24) is 4.90 Å². The zero-order valence-corrected chi connectivity index (χ0v) is 17.8. The molecule has 1 saturated heterocycles. The molecule has 0 aliphatic carbocycles. The van der Waals surface area contributed by atoms with Gasteiger partial charge >= 0.3 is 0 Å². The zero-order valence-electron chi connectivity index (χ0n) is 17.8. The predicted molar refractivity (Wildman–Crippen MR) is 121 cm³/mol. The molecule has 1 amide bonds. The van der Waals surface area contributed by atoms with Gasteiger partial charge in [0.2, 0.25) is 0 Å². The summed E-state index contributed by atoms with van der Waals surface area (Å²) in [6.45, 7) is 3.54. The monoisotopic (exact) mass is 413 g/mol. The lowest BCUT2D eigenvalue weighted by Gasteiger charge is -2.32. The number of hydrogen-bond donors (Lipinski definition) is 0. The minimum atomic E-state index is -0.0246. The first-order valence-corrected chi connectivity index (χ1v) is 10.8. The highest BCUT2D eigenvalue weighted by atomic mass is 16.5. The number of rotatable bonds is 6. The number of ketones is 1. The van der Waals surface area contributed by atoms with Gasteiger partial charge in [-0.25, -0.2) is 0 Å². The summed E-state index contributed by atoms with van der Waals surface area (Å²) in [5.74, 6) is 0.945. The lowest BCUT2D eigenvalue weighted by Crippen LogP contribution is -2.40. The number of benzene rings is 3. The van der Waals surface area contributed by atoms with E-state index in [9.17, 15) is 9.59 Å². The van der Waals surface area contributed by atoms with Gasteiger partial charge in [0, 0.05) is 35.7 Å². The van der Waals surface area contributed by atoms with Crippen molar-refractivity contribution in [3.05, 3.63) is 101 Å². The standard InChI is InChI=1S/C27H27NO3/c1-20-11-13-21(14-12-20)26(29)22-15-17-28(18-16-22)27(30)25-10-6-5-7-23(25)19-31-24-8-3-2-4-9-24/h2-14,22H,15-19H2,1H3. The van der Waals surface area contributed by atoms with Crippen LogP contribution >= 0.6 is 0 Å². The van der Waals surface area contributed by atoms with E-state index in [4.69, 9.17) is 4.74 Å². The number of hydrogen-bond acceptors (Lipinski definition) is 3. The molecular weight excluding hydrogens is 386 g/mol. The van der Waals surface area contributed by atoms with Crippen LogP contribution < -0.4 is 4.74 Å². The van der Waals surface area contributed by atoms with E-state index in [1.807, 2.05) is 90.7 Å². The highest BCUT2D eigenvalue weighted by Gasteiger charge is 2.29. The normalized spacial score (nSPS) is 14.3. The Morgan fingerprint density at radius 2 is 1.52 bits per heavy atom. The fourth-order valence-corrected chi connectivity index (χ4v) is 4.00. The zero-order chi connectivity index (χ0) is 21.6. The van der Waals surface area contributed by atoms with Crippen molar-refractivity contribution in [1.29, 1.82) is 0 Å². The van der Waals surface area contributed by atoms with Crippen LogP contribution in [0, 0.1) is 12.8 Å². The number of aryl methyl sites for hydroxylation is 1. The maximum atomic E-state index is 13.2. The lowest BCUT2D eigenvalue weighted by atomic mass is 9.88. The molecule has 0 radical (unpaired) electrons. The van der Waals surface area contributed by atoms with Crippen LogP contribution in [0.5, 0.6) is 5.75 Å². The van der Waals surface area contributed by atoms with Crippen molar-refractivity contribution in [2.24, 2.45) is 5.92 Å². The molecule has 4 nitrogen and oxygen atoms in total. The number of Topliss-reactive ketones (excluding diaryl/α,β-unsaturated/α-hetero) is 1. The Morgan fingerprint density at radius 3 is 2.23 bits per heavy atom. The molecule has 0 saturated carbocycles. The molecule has 158 valence electrons. The van der Waals surface area contributed by atoms with Gasteiger partial charge in [0.1, 0.15) is 12.4 Å². The highest BCUT2D eigenvalue weighted by Crippen LogP contribution is 2.24. The number of amides is 1. The molecule has 0 atom stereocenters. The van der Waals surface area contributed by atoms with Crippen LogP contribution in [0.1, 0.15) is 44.7 Å². The second kappa shape index (κ2) is 9.61. The van der Waals surface area contributed by atoms with E-state index in [1.165, 1.54) is 0 Å². The topological polar surface area (TPSA) is 46.6 Å². The van der Waals surface area contributed by atoms with E-state index in [0.29, 0.717) is 38.1 Å². The van der Waals surface area contributed by atoms with Crippen LogP contribution in [0.15, 0.2) is 78.9 Å². The van der Waals surface area contributed by atoms with Gasteiger partial charge in [-0.1, -0.05) is 66.2 Å². The van der Waals surface area contributed by atoms with Crippen molar-refractivity contribution in [3.8, 4) is 5.75 Å². The van der Waals surface area contributed by atoms with Crippen molar-refractivity contribution in [2.75, 3.05) is 13.1 Å². The summed E-state index contributed by atoms with van der Waals surface area (Å²) in [4.78, 5) is 27.9. The first-order chi connectivity index (χ1) is 15.1. The third kappa shape index (κ3) is 5.02. The van der Waals surface area contributed by atoms with E-state index in [-0.39, 0.29) is 17.6 Å². The quantitative estimate of drug-likeness (QED) is 0.515. The van der Waals surface area contributed by atoms with Crippen LogP contribution in [-0.2, 0) is 6.61 Å². The summed E-state index contributed by atoms with van der Waals surface area (Å²) in [6.07, 6.45) is 1.39. The molecule has 0 bridgehead atoms. The molecule has 0 N–H and O–H groups in total. The number of carbonyl (C=O) groups is 2. The molecule has 1 heterocycles. The van der Waals surface area contributed by atoms with Gasteiger partial charge in [0.15, 0.2) is 5.78 Å². The van der Waals surface area contributed by atoms with E-state index in [1.54, 1.807) is 0 Å². The van der Waals surface area contributed by atoms with Crippen molar-refractivity contribution >= 4 is 11.7 Å². The molecule has 3 aromatic rings. The maximum Gasteiger partial charge on any atom is 0.254 e. The van der Waals surface area contributed by atoms with Crippen LogP contribution in [0.3, 0.4) is 0 Å². The fourth-order valence-electron chi connectivity index (χ4n) is 4.00. The van der Waals surface area contributed by atoms with E-state index < -0.39 is 0 Å². The first-order valence-electron chi connectivity index (χ1n) is 10.8. The van der Waals surface area contributed by atoms with Crippen molar-refractivity contribution in [2.45, 2.75) is 26.4 Å². The Balaban J connectivity index is 1.38. The Bertz CT molecular complexity index is 1040. The number of ether oxygens (including phenoxy) is 1. The fraction of sp³-hybridized carbons (Fsp3) is 0.259. The van der Waals surface area contributed by atoms with Gasteiger partial charge < -0.3 is 9.64 Å². The number of nitrogens with zero attached hydrogens (tertiary/aromatic N) is 1. The minimum absolute atomic E-state index is 0.00787. The molecule has 1 aliphatic rings. The molecular formula is C27H27NO3. The number of piperidine rings is 1. The summed E-state index contributed by atoms with van der Waals surface area (Å²) >= 11 is 0.